The molecule has 96 valence electrons. The molecule has 3 N–H and O–H groups in total. The molecular weight excluding hydrogens is 236 g/mol. The number of hydrogen-bond acceptors (Lipinski definition) is 3. The van der Waals surface area contributed by atoms with E-state index < -0.39 is 0 Å². The lowest BCUT2D eigenvalue weighted by Gasteiger charge is -2.35. The van der Waals surface area contributed by atoms with Crippen LogP contribution >= 0.6 is 11.6 Å². The van der Waals surface area contributed by atoms with E-state index in [1.165, 1.54) is 0 Å². The van der Waals surface area contributed by atoms with Gasteiger partial charge in [0.25, 0.3) is 0 Å². The van der Waals surface area contributed by atoms with Crippen molar-refractivity contribution in [2.45, 2.75) is 32.0 Å². The number of hydrogen-bond donors (Lipinski definition) is 2. The lowest BCUT2D eigenvalue weighted by Crippen LogP contribution is -2.43. The van der Waals surface area contributed by atoms with Crippen LogP contribution in [0.15, 0.2) is 24.3 Å². The molecule has 3 atom stereocenters. The lowest BCUT2D eigenvalue weighted by molar-refractivity contribution is 0.109. The van der Waals surface area contributed by atoms with Crippen molar-refractivity contribution in [3.63, 3.8) is 0 Å². The van der Waals surface area contributed by atoms with Crippen molar-refractivity contribution < 1.29 is 5.11 Å². The summed E-state index contributed by atoms with van der Waals surface area (Å²) in [5, 5.41) is 9.95. The van der Waals surface area contributed by atoms with E-state index >= 15 is 0 Å². The van der Waals surface area contributed by atoms with Gasteiger partial charge in [-0.25, -0.2) is 0 Å². The molecule has 17 heavy (non-hydrogen) atoms. The summed E-state index contributed by atoms with van der Waals surface area (Å²) in [4.78, 5) is 2.06. The van der Waals surface area contributed by atoms with E-state index in [1.807, 2.05) is 45.2 Å². The molecule has 1 aromatic rings. The van der Waals surface area contributed by atoms with Gasteiger partial charge in [-0.3, -0.25) is 4.90 Å². The number of nitrogens with zero attached hydrogens (tertiary/aromatic N) is 1. The summed E-state index contributed by atoms with van der Waals surface area (Å²) < 4.78 is 0. The third-order valence-electron chi connectivity index (χ3n) is 3.12. The molecule has 1 aromatic carbocycles. The van der Waals surface area contributed by atoms with Gasteiger partial charge in [-0.1, -0.05) is 29.8 Å². The smallest absolute Gasteiger partial charge is 0.0584 e. The van der Waals surface area contributed by atoms with Crippen molar-refractivity contribution in [1.29, 1.82) is 0 Å². The molecule has 0 aliphatic rings. The Morgan fingerprint density at radius 3 is 2.41 bits per heavy atom. The average molecular weight is 257 g/mol. The van der Waals surface area contributed by atoms with Crippen molar-refractivity contribution in [3.05, 3.63) is 34.9 Å². The van der Waals surface area contributed by atoms with Crippen LogP contribution < -0.4 is 5.73 Å². The highest BCUT2D eigenvalue weighted by Crippen LogP contribution is 2.29. The molecule has 0 bridgehead atoms. The zero-order valence-electron chi connectivity index (χ0n) is 10.6. The minimum atomic E-state index is -0.0612. The maximum Gasteiger partial charge on any atom is 0.0584 e. The highest BCUT2D eigenvalue weighted by atomic mass is 35.5. The highest BCUT2D eigenvalue weighted by Gasteiger charge is 2.25. The summed E-state index contributed by atoms with van der Waals surface area (Å²) in [5.41, 5.74) is 7.06. The fourth-order valence-electron chi connectivity index (χ4n) is 1.99. The van der Waals surface area contributed by atoms with E-state index in [0.717, 1.165) is 5.56 Å². The van der Waals surface area contributed by atoms with Crippen LogP contribution in [-0.4, -0.2) is 35.7 Å². The monoisotopic (exact) mass is 256 g/mol. The molecule has 0 saturated heterocycles. The largest absolute Gasteiger partial charge is 0.395 e. The maximum atomic E-state index is 9.24. The second-order valence-corrected chi connectivity index (χ2v) is 4.93. The molecule has 0 radical (unpaired) electrons. The van der Waals surface area contributed by atoms with Crippen molar-refractivity contribution in [2.75, 3.05) is 13.7 Å². The topological polar surface area (TPSA) is 49.5 Å². The zero-order valence-corrected chi connectivity index (χ0v) is 11.4. The van der Waals surface area contributed by atoms with E-state index in [-0.39, 0.29) is 24.7 Å². The van der Waals surface area contributed by atoms with Crippen LogP contribution in [0.4, 0.5) is 0 Å². The molecule has 4 heteroatoms. The third-order valence-corrected chi connectivity index (χ3v) is 3.46. The lowest BCUT2D eigenvalue weighted by atomic mass is 9.98. The molecule has 0 aromatic heterocycles. The SMILES string of the molecule is CC(N)C(c1ccccc1Cl)N(C)C(C)CO. The van der Waals surface area contributed by atoms with Crippen LogP contribution in [0.5, 0.6) is 0 Å². The summed E-state index contributed by atoms with van der Waals surface area (Å²) in [6, 6.07) is 7.69. The van der Waals surface area contributed by atoms with Crippen LogP contribution in [0.3, 0.4) is 0 Å². The summed E-state index contributed by atoms with van der Waals surface area (Å²) in [5.74, 6) is 0. The third kappa shape index (κ3) is 3.42. The fraction of sp³-hybridized carbons (Fsp3) is 0.538. The van der Waals surface area contributed by atoms with Gasteiger partial charge in [0.05, 0.1) is 12.6 Å². The molecule has 0 heterocycles. The van der Waals surface area contributed by atoms with Crippen molar-refractivity contribution in [1.82, 2.24) is 4.90 Å². The molecule has 1 rings (SSSR count). The Labute approximate surface area is 108 Å². The minimum absolute atomic E-state index is 0.00542. The number of aliphatic hydroxyl groups excluding tert-OH is 1. The maximum absolute atomic E-state index is 9.24. The van der Waals surface area contributed by atoms with Gasteiger partial charge < -0.3 is 10.8 Å². The molecule has 0 spiro atoms. The number of nitrogens with two attached hydrogens (primary N) is 1. The van der Waals surface area contributed by atoms with Gasteiger partial charge in [-0.2, -0.15) is 0 Å². The Balaban J connectivity index is 3.06. The number of benzene rings is 1. The Morgan fingerprint density at radius 2 is 1.94 bits per heavy atom. The van der Waals surface area contributed by atoms with E-state index in [2.05, 4.69) is 4.90 Å². The Bertz CT molecular complexity index is 357. The second-order valence-electron chi connectivity index (χ2n) is 4.52. The molecule has 0 aliphatic heterocycles. The van der Waals surface area contributed by atoms with Crippen molar-refractivity contribution in [2.24, 2.45) is 5.73 Å². The molecule has 0 amide bonds. The summed E-state index contributed by atoms with van der Waals surface area (Å²) in [6.07, 6.45) is 0. The Kier molecular flexibility index (Phi) is 5.40. The van der Waals surface area contributed by atoms with Crippen LogP contribution in [0.1, 0.15) is 25.5 Å². The van der Waals surface area contributed by atoms with Gasteiger partial charge in [-0.15, -0.1) is 0 Å². The van der Waals surface area contributed by atoms with Gasteiger partial charge in [0, 0.05) is 17.1 Å². The number of aliphatic hydroxyl groups is 1. The summed E-state index contributed by atoms with van der Waals surface area (Å²) in [7, 11) is 1.96. The van der Waals surface area contributed by atoms with Gasteiger partial charge in [0.2, 0.25) is 0 Å². The minimum Gasteiger partial charge on any atom is -0.395 e. The number of likely N-dealkylation sites (N-methyl/N-ethyl adjacent to an activating group) is 1. The van der Waals surface area contributed by atoms with E-state index in [0.29, 0.717) is 5.02 Å². The van der Waals surface area contributed by atoms with Crippen molar-refractivity contribution in [3.8, 4) is 0 Å². The van der Waals surface area contributed by atoms with E-state index in [9.17, 15) is 5.11 Å². The number of halogens is 1. The molecule has 0 saturated carbocycles. The number of rotatable bonds is 5. The predicted octanol–water partition coefficient (Wildman–Crippen LogP) is 2.04. The second kappa shape index (κ2) is 6.36. The molecule has 0 fully saturated rings. The van der Waals surface area contributed by atoms with Crippen LogP contribution in [0.2, 0.25) is 5.02 Å². The van der Waals surface area contributed by atoms with Gasteiger partial charge in [0.1, 0.15) is 0 Å². The standard InChI is InChI=1S/C13H21ClN2O/c1-9(8-17)16(3)13(10(2)15)11-6-4-5-7-12(11)14/h4-7,9-10,13,17H,8,15H2,1-3H3. The fourth-order valence-corrected chi connectivity index (χ4v) is 2.24. The van der Waals surface area contributed by atoms with Gasteiger partial charge >= 0.3 is 0 Å². The first-order chi connectivity index (χ1) is 7.99. The summed E-state index contributed by atoms with van der Waals surface area (Å²) >= 11 is 6.21. The first-order valence-corrected chi connectivity index (χ1v) is 6.19. The summed E-state index contributed by atoms with van der Waals surface area (Å²) in [6.45, 7) is 4.02. The molecule has 3 unspecified atom stereocenters. The molecular formula is C13H21ClN2O. The highest BCUT2D eigenvalue weighted by molar-refractivity contribution is 6.31. The first-order valence-electron chi connectivity index (χ1n) is 5.81. The Morgan fingerprint density at radius 1 is 1.35 bits per heavy atom. The van der Waals surface area contributed by atoms with Gasteiger partial charge in [-0.05, 0) is 32.5 Å². The van der Waals surface area contributed by atoms with Crippen LogP contribution in [0.25, 0.3) is 0 Å². The molecule has 3 nitrogen and oxygen atoms in total. The normalized spacial score (nSPS) is 16.9. The van der Waals surface area contributed by atoms with Gasteiger partial charge in [0.15, 0.2) is 0 Å². The zero-order chi connectivity index (χ0) is 13.0. The average Bonchev–Trinajstić information content (AvgIpc) is 2.30. The van der Waals surface area contributed by atoms with E-state index in [4.69, 9.17) is 17.3 Å². The molecule has 0 aliphatic carbocycles. The van der Waals surface area contributed by atoms with Crippen LogP contribution in [0, 0.1) is 0 Å². The van der Waals surface area contributed by atoms with Crippen molar-refractivity contribution >= 4 is 11.6 Å². The quantitative estimate of drug-likeness (QED) is 0.848. The van der Waals surface area contributed by atoms with E-state index in [1.54, 1.807) is 0 Å². The Hall–Kier alpha value is -0.610. The predicted molar refractivity (Wildman–Crippen MR) is 72.2 cm³/mol. The first kappa shape index (κ1) is 14.5. The van der Waals surface area contributed by atoms with Crippen LogP contribution in [-0.2, 0) is 0 Å².